The number of carbonyl (C=O) groups is 3. The van der Waals surface area contributed by atoms with Gasteiger partial charge in [0.15, 0.2) is 0 Å². The molecule has 0 saturated carbocycles. The molecule has 0 radical (unpaired) electrons. The molecule has 0 aromatic heterocycles. The molecule has 1 rings (SSSR count). The fraction of sp³-hybridized carbons (Fsp3) is 0.750. The Morgan fingerprint density at radius 2 is 2.11 bits per heavy atom. The minimum absolute atomic E-state index is 0.0277. The van der Waals surface area contributed by atoms with E-state index in [-0.39, 0.29) is 24.3 Å². The summed E-state index contributed by atoms with van der Waals surface area (Å²) in [5.41, 5.74) is -1.19. The van der Waals surface area contributed by atoms with Crippen LogP contribution in [0, 0.1) is 0 Å². The fourth-order valence-corrected chi connectivity index (χ4v) is 2.01. The van der Waals surface area contributed by atoms with Gasteiger partial charge in [0.05, 0.1) is 12.5 Å². The summed E-state index contributed by atoms with van der Waals surface area (Å²) in [6.45, 7) is 6.76. The summed E-state index contributed by atoms with van der Waals surface area (Å²) in [5.74, 6) is -1.61. The van der Waals surface area contributed by atoms with Crippen LogP contribution in [0.4, 0.5) is 0 Å². The lowest BCUT2D eigenvalue weighted by Crippen LogP contribution is -2.55. The number of carboxylic acids is 1. The van der Waals surface area contributed by atoms with Gasteiger partial charge in [-0.3, -0.25) is 24.6 Å². The number of aliphatic carboxylic acids is 1. The van der Waals surface area contributed by atoms with Crippen LogP contribution in [0.3, 0.4) is 0 Å². The summed E-state index contributed by atoms with van der Waals surface area (Å²) in [6.07, 6.45) is 0.363. The van der Waals surface area contributed by atoms with E-state index in [0.29, 0.717) is 6.42 Å². The monoisotopic (exact) mass is 256 g/mol. The number of rotatable bonds is 5. The van der Waals surface area contributed by atoms with E-state index < -0.39 is 17.6 Å². The third-order valence-electron chi connectivity index (χ3n) is 3.37. The van der Waals surface area contributed by atoms with Gasteiger partial charge in [-0.25, -0.2) is 0 Å². The first-order chi connectivity index (χ1) is 8.23. The Labute approximate surface area is 106 Å². The molecule has 1 heterocycles. The zero-order chi connectivity index (χ0) is 14.1. The zero-order valence-electron chi connectivity index (χ0n) is 11.2. The number of imide groups is 1. The van der Waals surface area contributed by atoms with Gasteiger partial charge in [0.2, 0.25) is 11.8 Å². The Kier molecular flexibility index (Phi) is 4.11. The van der Waals surface area contributed by atoms with Gasteiger partial charge in [-0.2, -0.15) is 0 Å². The molecule has 2 atom stereocenters. The molecule has 102 valence electrons. The average molecular weight is 256 g/mol. The molecule has 2 N–H and O–H groups in total. The number of amides is 2. The van der Waals surface area contributed by atoms with Crippen molar-refractivity contribution in [3.05, 3.63) is 0 Å². The number of likely N-dealkylation sites (tertiary alicyclic amines) is 1. The molecular weight excluding hydrogens is 236 g/mol. The molecule has 1 aliphatic rings. The quantitative estimate of drug-likeness (QED) is 0.694. The highest BCUT2D eigenvalue weighted by atomic mass is 16.4. The standard InChI is InChI=1S/C12H20N2O4/c1-5-12(4,11(17)18)13-8-6-9(15)14(7(2)3)10(8)16/h7-8,13H,5-6H2,1-4H3,(H,17,18). The fourth-order valence-electron chi connectivity index (χ4n) is 2.01. The first kappa shape index (κ1) is 14.6. The largest absolute Gasteiger partial charge is 0.480 e. The number of carbonyl (C=O) groups excluding carboxylic acids is 2. The maximum absolute atomic E-state index is 12.0. The van der Waals surface area contributed by atoms with Gasteiger partial charge in [0, 0.05) is 6.04 Å². The third-order valence-corrected chi connectivity index (χ3v) is 3.37. The lowest BCUT2D eigenvalue weighted by Gasteiger charge is -2.28. The van der Waals surface area contributed by atoms with Crippen molar-refractivity contribution >= 4 is 17.8 Å². The normalized spacial score (nSPS) is 23.6. The van der Waals surface area contributed by atoms with Gasteiger partial charge in [-0.1, -0.05) is 6.92 Å². The van der Waals surface area contributed by atoms with E-state index in [0.717, 1.165) is 0 Å². The average Bonchev–Trinajstić information content (AvgIpc) is 2.53. The van der Waals surface area contributed by atoms with E-state index in [1.165, 1.54) is 11.8 Å². The van der Waals surface area contributed by atoms with Crippen molar-refractivity contribution in [1.29, 1.82) is 0 Å². The molecule has 2 unspecified atom stereocenters. The lowest BCUT2D eigenvalue weighted by atomic mass is 9.97. The number of carboxylic acid groups (broad SMARTS) is 1. The van der Waals surface area contributed by atoms with Crippen molar-refractivity contribution < 1.29 is 19.5 Å². The van der Waals surface area contributed by atoms with Crippen LogP contribution in [0.15, 0.2) is 0 Å². The Morgan fingerprint density at radius 1 is 1.56 bits per heavy atom. The van der Waals surface area contributed by atoms with Crippen molar-refractivity contribution in [2.75, 3.05) is 0 Å². The maximum atomic E-state index is 12.0. The van der Waals surface area contributed by atoms with Gasteiger partial charge >= 0.3 is 5.97 Å². The third kappa shape index (κ3) is 2.53. The summed E-state index contributed by atoms with van der Waals surface area (Å²) in [4.78, 5) is 36.1. The predicted molar refractivity (Wildman–Crippen MR) is 64.9 cm³/mol. The summed E-state index contributed by atoms with van der Waals surface area (Å²) in [6, 6.07) is -0.935. The molecule has 0 aromatic carbocycles. The summed E-state index contributed by atoms with van der Waals surface area (Å²) >= 11 is 0. The first-order valence-corrected chi connectivity index (χ1v) is 6.10. The molecule has 18 heavy (non-hydrogen) atoms. The molecule has 0 spiro atoms. The highest BCUT2D eigenvalue weighted by Crippen LogP contribution is 2.20. The molecule has 1 saturated heterocycles. The summed E-state index contributed by atoms with van der Waals surface area (Å²) in [5, 5.41) is 11.9. The van der Waals surface area contributed by atoms with Gasteiger partial charge in [0.25, 0.3) is 0 Å². The Hall–Kier alpha value is -1.43. The predicted octanol–water partition coefficient (Wildman–Crippen LogP) is 0.365. The Bertz CT molecular complexity index is 380. The molecule has 2 amide bonds. The number of hydrogen-bond donors (Lipinski definition) is 2. The molecule has 0 aromatic rings. The zero-order valence-corrected chi connectivity index (χ0v) is 11.2. The van der Waals surface area contributed by atoms with E-state index in [9.17, 15) is 14.4 Å². The van der Waals surface area contributed by atoms with Crippen LogP contribution in [-0.4, -0.2) is 45.4 Å². The number of hydrogen-bond acceptors (Lipinski definition) is 4. The minimum atomic E-state index is -1.19. The highest BCUT2D eigenvalue weighted by molar-refractivity contribution is 6.06. The van der Waals surface area contributed by atoms with Crippen molar-refractivity contribution in [2.24, 2.45) is 0 Å². The second kappa shape index (κ2) is 5.06. The lowest BCUT2D eigenvalue weighted by molar-refractivity contribution is -0.145. The van der Waals surface area contributed by atoms with Crippen LogP contribution in [0.25, 0.3) is 0 Å². The van der Waals surface area contributed by atoms with Crippen LogP contribution in [0.5, 0.6) is 0 Å². The minimum Gasteiger partial charge on any atom is -0.480 e. The summed E-state index contributed by atoms with van der Waals surface area (Å²) < 4.78 is 0. The van der Waals surface area contributed by atoms with Crippen molar-refractivity contribution in [3.63, 3.8) is 0 Å². The molecule has 1 aliphatic heterocycles. The second-order valence-electron chi connectivity index (χ2n) is 5.09. The van der Waals surface area contributed by atoms with Gasteiger partial charge in [0.1, 0.15) is 5.54 Å². The van der Waals surface area contributed by atoms with Crippen LogP contribution in [0.1, 0.15) is 40.5 Å². The van der Waals surface area contributed by atoms with Crippen molar-refractivity contribution in [1.82, 2.24) is 10.2 Å². The van der Waals surface area contributed by atoms with E-state index in [4.69, 9.17) is 5.11 Å². The highest BCUT2D eigenvalue weighted by Gasteiger charge is 2.44. The number of nitrogens with one attached hydrogen (secondary N) is 1. The molecule has 1 fully saturated rings. The van der Waals surface area contributed by atoms with Crippen LogP contribution in [0.2, 0.25) is 0 Å². The maximum Gasteiger partial charge on any atom is 0.323 e. The van der Waals surface area contributed by atoms with Gasteiger partial charge in [-0.15, -0.1) is 0 Å². The number of nitrogens with zero attached hydrogens (tertiary/aromatic N) is 1. The van der Waals surface area contributed by atoms with E-state index in [1.807, 2.05) is 0 Å². The SMILES string of the molecule is CCC(C)(NC1CC(=O)N(C(C)C)C1=O)C(=O)O. The molecule has 0 aliphatic carbocycles. The van der Waals surface area contributed by atoms with Crippen molar-refractivity contribution in [2.45, 2.75) is 58.2 Å². The molecular formula is C12H20N2O4. The van der Waals surface area contributed by atoms with E-state index >= 15 is 0 Å². The Balaban J connectivity index is 2.85. The molecule has 6 heteroatoms. The van der Waals surface area contributed by atoms with Gasteiger partial charge in [-0.05, 0) is 27.2 Å². The van der Waals surface area contributed by atoms with Gasteiger partial charge < -0.3 is 5.11 Å². The topological polar surface area (TPSA) is 86.7 Å². The molecule has 0 bridgehead atoms. The molecule has 6 nitrogen and oxygen atoms in total. The Morgan fingerprint density at radius 3 is 2.44 bits per heavy atom. The second-order valence-corrected chi connectivity index (χ2v) is 5.09. The van der Waals surface area contributed by atoms with E-state index in [1.54, 1.807) is 20.8 Å². The van der Waals surface area contributed by atoms with E-state index in [2.05, 4.69) is 5.32 Å². The van der Waals surface area contributed by atoms with Crippen LogP contribution in [-0.2, 0) is 14.4 Å². The van der Waals surface area contributed by atoms with Crippen molar-refractivity contribution in [3.8, 4) is 0 Å². The smallest absolute Gasteiger partial charge is 0.323 e. The van der Waals surface area contributed by atoms with Crippen LogP contribution >= 0.6 is 0 Å². The summed E-state index contributed by atoms with van der Waals surface area (Å²) in [7, 11) is 0. The van der Waals surface area contributed by atoms with Crippen LogP contribution < -0.4 is 5.32 Å². The first-order valence-electron chi connectivity index (χ1n) is 6.10.